The van der Waals surface area contributed by atoms with Crippen molar-refractivity contribution in [3.05, 3.63) is 54.1 Å². The Morgan fingerprint density at radius 2 is 1.72 bits per heavy atom. The van der Waals surface area contributed by atoms with Gasteiger partial charge in [0, 0.05) is 11.3 Å². The van der Waals surface area contributed by atoms with Crippen LogP contribution in [-0.2, 0) is 4.79 Å². The zero-order valence-electron chi connectivity index (χ0n) is 13.9. The number of imide groups is 1. The van der Waals surface area contributed by atoms with E-state index in [4.69, 9.17) is 9.47 Å². The van der Waals surface area contributed by atoms with Crippen molar-refractivity contribution in [3.8, 4) is 11.5 Å². The number of para-hydroxylation sites is 1. The van der Waals surface area contributed by atoms with Gasteiger partial charge >= 0.3 is 6.03 Å². The first-order valence-electron chi connectivity index (χ1n) is 7.47. The maximum Gasteiger partial charge on any atom is 0.325 e. The molecular formula is C18H18N2O5. The molecule has 7 nitrogen and oxygen atoms in total. The van der Waals surface area contributed by atoms with Crippen LogP contribution in [0.25, 0.3) is 0 Å². The number of ketones is 1. The van der Waals surface area contributed by atoms with Gasteiger partial charge in [0.2, 0.25) is 0 Å². The zero-order valence-corrected chi connectivity index (χ0v) is 13.9. The number of methoxy groups -OCH3 is 1. The van der Waals surface area contributed by atoms with E-state index in [1.807, 2.05) is 6.07 Å². The Balaban J connectivity index is 1.89. The molecule has 0 aromatic heterocycles. The van der Waals surface area contributed by atoms with Crippen LogP contribution in [0.5, 0.6) is 11.5 Å². The highest BCUT2D eigenvalue weighted by atomic mass is 16.5. The Kier molecular flexibility index (Phi) is 6.11. The lowest BCUT2D eigenvalue weighted by Gasteiger charge is -2.11. The number of urea groups is 1. The summed E-state index contributed by atoms with van der Waals surface area (Å²) in [7, 11) is 1.43. The number of anilines is 1. The van der Waals surface area contributed by atoms with E-state index in [0.717, 1.165) is 0 Å². The topological polar surface area (TPSA) is 93.7 Å². The molecule has 2 aromatic carbocycles. The highest BCUT2D eigenvalue weighted by Gasteiger charge is 2.12. The van der Waals surface area contributed by atoms with Gasteiger partial charge in [0.1, 0.15) is 0 Å². The highest BCUT2D eigenvalue weighted by Crippen LogP contribution is 2.28. The fourth-order valence-electron chi connectivity index (χ4n) is 2.00. The van der Waals surface area contributed by atoms with E-state index in [1.165, 1.54) is 26.2 Å². The third kappa shape index (κ3) is 5.35. The van der Waals surface area contributed by atoms with E-state index in [-0.39, 0.29) is 12.4 Å². The molecule has 0 saturated heterocycles. The minimum absolute atomic E-state index is 0.111. The second-order valence-electron chi connectivity index (χ2n) is 5.08. The molecule has 25 heavy (non-hydrogen) atoms. The molecule has 3 amide bonds. The van der Waals surface area contributed by atoms with Gasteiger partial charge < -0.3 is 14.8 Å². The van der Waals surface area contributed by atoms with E-state index in [9.17, 15) is 14.4 Å². The Labute approximate surface area is 144 Å². The van der Waals surface area contributed by atoms with Crippen LogP contribution < -0.4 is 20.1 Å². The molecule has 2 aromatic rings. The number of nitrogens with one attached hydrogen (secondary N) is 2. The van der Waals surface area contributed by atoms with Gasteiger partial charge in [-0.25, -0.2) is 4.79 Å². The van der Waals surface area contributed by atoms with E-state index >= 15 is 0 Å². The minimum atomic E-state index is -0.654. The van der Waals surface area contributed by atoms with E-state index in [2.05, 4.69) is 10.6 Å². The smallest absolute Gasteiger partial charge is 0.325 e. The first-order chi connectivity index (χ1) is 12.0. The van der Waals surface area contributed by atoms with Crippen molar-refractivity contribution in [1.82, 2.24) is 5.32 Å². The monoisotopic (exact) mass is 342 g/mol. The van der Waals surface area contributed by atoms with Crippen LogP contribution in [0.15, 0.2) is 48.5 Å². The number of carbonyl (C=O) groups excluding carboxylic acids is 3. The number of Topliss-reactive ketones (excluding diaryl/α,β-unsaturated/α-hetero) is 1. The molecule has 0 radical (unpaired) electrons. The molecule has 0 heterocycles. The van der Waals surface area contributed by atoms with Crippen molar-refractivity contribution in [2.24, 2.45) is 0 Å². The number of rotatable bonds is 6. The van der Waals surface area contributed by atoms with Crippen LogP contribution in [0.2, 0.25) is 0 Å². The maximum absolute atomic E-state index is 11.8. The van der Waals surface area contributed by atoms with Crippen LogP contribution in [0, 0.1) is 0 Å². The van der Waals surface area contributed by atoms with Crippen molar-refractivity contribution in [2.75, 3.05) is 19.0 Å². The summed E-state index contributed by atoms with van der Waals surface area (Å²) in [5.74, 6) is -0.105. The first-order valence-corrected chi connectivity index (χ1v) is 7.47. The summed E-state index contributed by atoms with van der Waals surface area (Å²) in [5, 5.41) is 4.68. The van der Waals surface area contributed by atoms with Gasteiger partial charge in [0.05, 0.1) is 7.11 Å². The third-order valence-corrected chi connectivity index (χ3v) is 3.21. The third-order valence-electron chi connectivity index (χ3n) is 3.21. The van der Waals surface area contributed by atoms with E-state index in [1.54, 1.807) is 30.3 Å². The van der Waals surface area contributed by atoms with Gasteiger partial charge in [-0.2, -0.15) is 0 Å². The Morgan fingerprint density at radius 3 is 2.36 bits per heavy atom. The second kappa shape index (κ2) is 8.49. The lowest BCUT2D eigenvalue weighted by Crippen LogP contribution is -2.37. The second-order valence-corrected chi connectivity index (χ2v) is 5.08. The summed E-state index contributed by atoms with van der Waals surface area (Å²) in [5.41, 5.74) is 1.03. The van der Waals surface area contributed by atoms with Gasteiger partial charge in [-0.1, -0.05) is 18.2 Å². The molecule has 0 atom stereocenters. The van der Waals surface area contributed by atoms with Crippen LogP contribution in [0.4, 0.5) is 10.5 Å². The van der Waals surface area contributed by atoms with Gasteiger partial charge in [-0.3, -0.25) is 14.9 Å². The van der Waals surface area contributed by atoms with Crippen molar-refractivity contribution < 1.29 is 23.9 Å². The molecule has 0 fully saturated rings. The van der Waals surface area contributed by atoms with Crippen LogP contribution in [0.1, 0.15) is 17.3 Å². The van der Waals surface area contributed by atoms with Gasteiger partial charge in [-0.05, 0) is 37.3 Å². The molecule has 0 saturated carbocycles. The number of hydrogen-bond acceptors (Lipinski definition) is 5. The molecule has 0 aliphatic rings. The minimum Gasteiger partial charge on any atom is -0.493 e. The fraction of sp³-hybridized carbons (Fsp3) is 0.167. The molecule has 0 spiro atoms. The molecule has 0 unspecified atom stereocenters. The molecule has 2 rings (SSSR count). The summed E-state index contributed by atoms with van der Waals surface area (Å²) in [6.07, 6.45) is 0. The zero-order chi connectivity index (χ0) is 18.2. The number of hydrogen-bond donors (Lipinski definition) is 2. The van der Waals surface area contributed by atoms with Crippen molar-refractivity contribution >= 4 is 23.4 Å². The fourth-order valence-corrected chi connectivity index (χ4v) is 2.00. The maximum atomic E-state index is 11.8. The highest BCUT2D eigenvalue weighted by molar-refractivity contribution is 6.01. The van der Waals surface area contributed by atoms with Crippen molar-refractivity contribution in [3.63, 3.8) is 0 Å². The van der Waals surface area contributed by atoms with Gasteiger partial charge in [0.15, 0.2) is 23.9 Å². The van der Waals surface area contributed by atoms with Crippen LogP contribution in [-0.4, -0.2) is 31.4 Å². The molecule has 7 heteroatoms. The quantitative estimate of drug-likeness (QED) is 0.787. The first kappa shape index (κ1) is 18.0. The standard InChI is InChI=1S/C18H18N2O5/c1-12(21)13-8-9-15(16(10-13)24-2)25-11-17(22)20-18(23)19-14-6-4-3-5-7-14/h3-10H,11H2,1-2H3,(H2,19,20,22,23). The average molecular weight is 342 g/mol. The van der Waals surface area contributed by atoms with Gasteiger partial charge in [0.25, 0.3) is 5.91 Å². The van der Waals surface area contributed by atoms with E-state index < -0.39 is 11.9 Å². The van der Waals surface area contributed by atoms with E-state index in [0.29, 0.717) is 22.7 Å². The number of benzene rings is 2. The Morgan fingerprint density at radius 1 is 1.00 bits per heavy atom. The largest absolute Gasteiger partial charge is 0.493 e. The summed E-state index contributed by atoms with van der Waals surface area (Å²) < 4.78 is 10.5. The predicted octanol–water partition coefficient (Wildman–Crippen LogP) is 2.62. The van der Waals surface area contributed by atoms with Crippen molar-refractivity contribution in [1.29, 1.82) is 0 Å². The average Bonchev–Trinajstić information content (AvgIpc) is 2.60. The van der Waals surface area contributed by atoms with Crippen molar-refractivity contribution in [2.45, 2.75) is 6.92 Å². The summed E-state index contributed by atoms with van der Waals surface area (Å²) in [4.78, 5) is 34.9. The molecule has 2 N–H and O–H groups in total. The van der Waals surface area contributed by atoms with Gasteiger partial charge in [-0.15, -0.1) is 0 Å². The normalized spacial score (nSPS) is 9.84. The summed E-state index contributed by atoms with van der Waals surface area (Å²) in [6.45, 7) is 1.06. The molecule has 0 aliphatic heterocycles. The lowest BCUT2D eigenvalue weighted by atomic mass is 10.1. The molecular weight excluding hydrogens is 324 g/mol. The number of carbonyl (C=O) groups is 3. The molecule has 0 bridgehead atoms. The Bertz CT molecular complexity index is 774. The Hall–Kier alpha value is -3.35. The summed E-state index contributed by atoms with van der Waals surface area (Å²) >= 11 is 0. The SMILES string of the molecule is COc1cc(C(C)=O)ccc1OCC(=O)NC(=O)Nc1ccccc1. The predicted molar refractivity (Wildman–Crippen MR) is 92.1 cm³/mol. The number of ether oxygens (including phenoxy) is 2. The molecule has 0 aliphatic carbocycles. The van der Waals surface area contributed by atoms with Crippen LogP contribution in [0.3, 0.4) is 0 Å². The lowest BCUT2D eigenvalue weighted by molar-refractivity contribution is -0.121. The number of amides is 3. The molecule has 130 valence electrons. The summed E-state index contributed by atoms with van der Waals surface area (Å²) in [6, 6.07) is 12.7. The van der Waals surface area contributed by atoms with Crippen LogP contribution >= 0.6 is 0 Å².